The number of benzene rings is 2. The maximum atomic E-state index is 13.4. The zero-order valence-corrected chi connectivity index (χ0v) is 18.6. The summed E-state index contributed by atoms with van der Waals surface area (Å²) in [6.07, 6.45) is 0. The third-order valence-electron chi connectivity index (χ3n) is 4.85. The lowest BCUT2D eigenvalue weighted by atomic mass is 9.78. The largest absolute Gasteiger partial charge is 0.495 e. The molecular weight excluding hydrogens is 418 g/mol. The second-order valence-electron chi connectivity index (χ2n) is 6.64. The average molecular weight is 440 g/mol. The second kappa shape index (κ2) is 9.84. The molecule has 0 saturated carbocycles. The third kappa shape index (κ3) is 4.38. The molecule has 0 radical (unpaired) electrons. The van der Waals surface area contributed by atoms with Crippen LogP contribution >= 0.6 is 23.4 Å². The minimum atomic E-state index is -0.600. The molecule has 0 aliphatic carbocycles. The van der Waals surface area contributed by atoms with Crippen LogP contribution in [0.3, 0.4) is 0 Å². The zero-order valence-electron chi connectivity index (χ0n) is 17.0. The van der Waals surface area contributed by atoms with E-state index in [0.29, 0.717) is 32.8 Å². The molecule has 1 aliphatic heterocycles. The van der Waals surface area contributed by atoms with Crippen LogP contribution in [0.15, 0.2) is 64.8 Å². The maximum Gasteiger partial charge on any atom is 0.254 e. The lowest BCUT2D eigenvalue weighted by Gasteiger charge is -2.30. The average Bonchev–Trinajstić information content (AvgIpc) is 2.74. The lowest BCUT2D eigenvalue weighted by molar-refractivity contribution is -0.113. The van der Waals surface area contributed by atoms with Crippen LogP contribution in [-0.2, 0) is 4.79 Å². The molecular formula is C23H22ClN3O2S. The number of para-hydroxylation sites is 2. The third-order valence-corrected chi connectivity index (χ3v) is 6.12. The first-order valence-electron chi connectivity index (χ1n) is 9.52. The first-order chi connectivity index (χ1) is 14.5. The highest BCUT2D eigenvalue weighted by atomic mass is 35.5. The van der Waals surface area contributed by atoms with E-state index in [2.05, 4.69) is 16.4 Å². The summed E-state index contributed by atoms with van der Waals surface area (Å²) in [4.78, 5) is 18.0. The zero-order chi connectivity index (χ0) is 21.7. The Bertz CT molecular complexity index is 1060. The molecule has 2 unspecified atom stereocenters. The number of methoxy groups -OCH3 is 1. The van der Waals surface area contributed by atoms with Crippen LogP contribution in [0.4, 0.5) is 5.69 Å². The molecule has 0 fully saturated rings. The van der Waals surface area contributed by atoms with Gasteiger partial charge in [-0.3, -0.25) is 4.79 Å². The SMILES string of the molecule is CCSC1=NC(C)=C(C(=O)Nc2ccccc2OC)C(c2ccccc2Cl)C1C#N. The molecule has 2 aromatic rings. The van der Waals surface area contributed by atoms with Gasteiger partial charge in [-0.05, 0) is 36.4 Å². The highest BCUT2D eigenvalue weighted by Gasteiger charge is 2.39. The van der Waals surface area contributed by atoms with Gasteiger partial charge in [0.05, 0.1) is 23.9 Å². The smallest absolute Gasteiger partial charge is 0.254 e. The van der Waals surface area contributed by atoms with Gasteiger partial charge in [0.15, 0.2) is 0 Å². The monoisotopic (exact) mass is 439 g/mol. The van der Waals surface area contributed by atoms with E-state index in [-0.39, 0.29) is 5.91 Å². The van der Waals surface area contributed by atoms with E-state index in [1.807, 2.05) is 37.3 Å². The van der Waals surface area contributed by atoms with Crippen LogP contribution in [0.5, 0.6) is 5.75 Å². The number of allylic oxidation sites excluding steroid dienone is 1. The minimum absolute atomic E-state index is 0.327. The van der Waals surface area contributed by atoms with Crippen LogP contribution < -0.4 is 10.1 Å². The van der Waals surface area contributed by atoms with E-state index >= 15 is 0 Å². The van der Waals surface area contributed by atoms with Gasteiger partial charge in [0, 0.05) is 22.2 Å². The molecule has 1 heterocycles. The summed E-state index contributed by atoms with van der Waals surface area (Å²) in [5, 5.41) is 14.1. The van der Waals surface area contributed by atoms with Crippen molar-refractivity contribution in [1.82, 2.24) is 0 Å². The summed E-state index contributed by atoms with van der Waals surface area (Å²) < 4.78 is 5.35. The molecule has 0 saturated heterocycles. The predicted molar refractivity (Wildman–Crippen MR) is 123 cm³/mol. The Hall–Kier alpha value is -2.75. The van der Waals surface area contributed by atoms with Gasteiger partial charge >= 0.3 is 0 Å². The Labute approximate surface area is 185 Å². The first-order valence-corrected chi connectivity index (χ1v) is 10.9. The standard InChI is InChI=1S/C23H22ClN3O2S/c1-4-30-23-16(13-25)21(15-9-5-6-10-17(15)24)20(14(2)26-23)22(28)27-18-11-7-8-12-19(18)29-3/h5-12,16,21H,4H2,1-3H3,(H,27,28). The van der Waals surface area contributed by atoms with Crippen LogP contribution in [-0.4, -0.2) is 23.8 Å². The molecule has 1 aliphatic rings. The molecule has 0 aromatic heterocycles. The number of amides is 1. The van der Waals surface area contributed by atoms with Crippen molar-refractivity contribution in [2.45, 2.75) is 19.8 Å². The number of hydrogen-bond acceptors (Lipinski definition) is 5. The molecule has 5 nitrogen and oxygen atoms in total. The summed E-state index contributed by atoms with van der Waals surface area (Å²) in [5.41, 5.74) is 2.30. The molecule has 1 amide bonds. The van der Waals surface area contributed by atoms with Crippen molar-refractivity contribution in [1.29, 1.82) is 5.26 Å². The Morgan fingerprint density at radius 3 is 2.63 bits per heavy atom. The highest BCUT2D eigenvalue weighted by Crippen LogP contribution is 2.43. The summed E-state index contributed by atoms with van der Waals surface area (Å²) in [6.45, 7) is 3.81. The number of anilines is 1. The topological polar surface area (TPSA) is 74.5 Å². The minimum Gasteiger partial charge on any atom is -0.495 e. The van der Waals surface area contributed by atoms with Crippen molar-refractivity contribution in [2.75, 3.05) is 18.2 Å². The van der Waals surface area contributed by atoms with Gasteiger partial charge in [0.25, 0.3) is 5.91 Å². The van der Waals surface area contributed by atoms with Gasteiger partial charge in [-0.15, -0.1) is 11.8 Å². The summed E-state index contributed by atoms with van der Waals surface area (Å²) in [5.74, 6) is -0.118. The number of ether oxygens (including phenoxy) is 1. The van der Waals surface area contributed by atoms with Crippen molar-refractivity contribution in [3.8, 4) is 11.8 Å². The van der Waals surface area contributed by atoms with E-state index in [1.54, 1.807) is 32.2 Å². The van der Waals surface area contributed by atoms with Gasteiger partial charge in [-0.25, -0.2) is 4.99 Å². The number of aliphatic imine (C=N–C) groups is 1. The maximum absolute atomic E-state index is 13.4. The number of rotatable bonds is 5. The normalized spacial score (nSPS) is 18.4. The fourth-order valence-electron chi connectivity index (χ4n) is 3.53. The molecule has 2 aromatic carbocycles. The highest BCUT2D eigenvalue weighted by molar-refractivity contribution is 8.14. The second-order valence-corrected chi connectivity index (χ2v) is 8.33. The number of thioether (sulfide) groups is 1. The molecule has 1 N–H and O–H groups in total. The number of nitrogens with zero attached hydrogens (tertiary/aromatic N) is 2. The number of carbonyl (C=O) groups is 1. The molecule has 30 heavy (non-hydrogen) atoms. The van der Waals surface area contributed by atoms with Crippen LogP contribution in [0.1, 0.15) is 25.3 Å². The fourth-order valence-corrected chi connectivity index (χ4v) is 4.65. The predicted octanol–water partition coefficient (Wildman–Crippen LogP) is 5.65. The van der Waals surface area contributed by atoms with Crippen molar-refractivity contribution in [2.24, 2.45) is 10.9 Å². The van der Waals surface area contributed by atoms with E-state index < -0.39 is 11.8 Å². The number of nitrogens with one attached hydrogen (secondary N) is 1. The number of halogens is 1. The van der Waals surface area contributed by atoms with Gasteiger partial charge in [-0.1, -0.05) is 48.9 Å². The summed E-state index contributed by atoms with van der Waals surface area (Å²) in [6, 6.07) is 16.9. The van der Waals surface area contributed by atoms with Crippen LogP contribution in [0, 0.1) is 17.2 Å². The van der Waals surface area contributed by atoms with Gasteiger partial charge in [0.1, 0.15) is 11.7 Å². The van der Waals surface area contributed by atoms with Crippen LogP contribution in [0.25, 0.3) is 0 Å². The van der Waals surface area contributed by atoms with E-state index in [1.165, 1.54) is 11.8 Å². The number of nitriles is 1. The number of carbonyl (C=O) groups excluding carboxylic acids is 1. The molecule has 154 valence electrons. The Balaban J connectivity index is 2.12. The molecule has 2 atom stereocenters. The summed E-state index contributed by atoms with van der Waals surface area (Å²) in [7, 11) is 1.55. The van der Waals surface area contributed by atoms with Gasteiger partial charge < -0.3 is 10.1 Å². The quantitative estimate of drug-likeness (QED) is 0.653. The van der Waals surface area contributed by atoms with E-state index in [0.717, 1.165) is 11.3 Å². The van der Waals surface area contributed by atoms with Gasteiger partial charge in [-0.2, -0.15) is 5.26 Å². The van der Waals surface area contributed by atoms with E-state index in [4.69, 9.17) is 16.3 Å². The lowest BCUT2D eigenvalue weighted by Crippen LogP contribution is -2.31. The summed E-state index contributed by atoms with van der Waals surface area (Å²) >= 11 is 8.02. The van der Waals surface area contributed by atoms with Crippen molar-refractivity contribution >= 4 is 40.0 Å². The van der Waals surface area contributed by atoms with Crippen molar-refractivity contribution in [3.05, 3.63) is 70.4 Å². The molecule has 7 heteroatoms. The Morgan fingerprint density at radius 1 is 1.27 bits per heavy atom. The van der Waals surface area contributed by atoms with Gasteiger partial charge in [0.2, 0.25) is 0 Å². The molecule has 0 spiro atoms. The van der Waals surface area contributed by atoms with Crippen molar-refractivity contribution in [3.63, 3.8) is 0 Å². The first kappa shape index (κ1) is 21.9. The van der Waals surface area contributed by atoms with Crippen molar-refractivity contribution < 1.29 is 9.53 Å². The van der Waals surface area contributed by atoms with E-state index in [9.17, 15) is 10.1 Å². The Kier molecular flexibility index (Phi) is 7.20. The Morgan fingerprint density at radius 2 is 1.97 bits per heavy atom. The number of hydrogen-bond donors (Lipinski definition) is 1. The molecule has 3 rings (SSSR count). The molecule has 0 bridgehead atoms. The fraction of sp³-hybridized carbons (Fsp3) is 0.261. The van der Waals surface area contributed by atoms with Crippen LogP contribution in [0.2, 0.25) is 5.02 Å².